The van der Waals surface area contributed by atoms with Crippen LogP contribution in [0.25, 0.3) is 6.08 Å². The summed E-state index contributed by atoms with van der Waals surface area (Å²) in [5.41, 5.74) is 2.00. The molecule has 0 aliphatic carbocycles. The van der Waals surface area contributed by atoms with E-state index in [-0.39, 0.29) is 12.0 Å². The third kappa shape index (κ3) is 3.89. The lowest BCUT2D eigenvalue weighted by molar-refractivity contribution is 0.124. The standard InChI is InChI=1S/C15H19Cl2NO2/c1-9(2)14(19)7-18-6-10-3-11-4-12(16)5-13(17)15(11)20-8-10/h3-5,9,14,18-19H,6-8H2,1-2H3. The van der Waals surface area contributed by atoms with E-state index < -0.39 is 0 Å². The van der Waals surface area contributed by atoms with Crippen molar-refractivity contribution in [2.24, 2.45) is 5.92 Å². The van der Waals surface area contributed by atoms with Crippen molar-refractivity contribution in [2.45, 2.75) is 20.0 Å². The van der Waals surface area contributed by atoms with Crippen molar-refractivity contribution in [3.05, 3.63) is 33.3 Å². The van der Waals surface area contributed by atoms with E-state index in [9.17, 15) is 5.11 Å². The van der Waals surface area contributed by atoms with Crippen LogP contribution in [0.4, 0.5) is 0 Å². The molecule has 2 rings (SSSR count). The topological polar surface area (TPSA) is 41.5 Å². The molecule has 2 N–H and O–H groups in total. The second-order valence-corrected chi connectivity index (χ2v) is 6.18. The number of nitrogens with one attached hydrogen (secondary N) is 1. The Labute approximate surface area is 129 Å². The molecule has 0 amide bonds. The van der Waals surface area contributed by atoms with Gasteiger partial charge >= 0.3 is 0 Å². The van der Waals surface area contributed by atoms with E-state index in [1.165, 1.54) is 0 Å². The molecule has 1 atom stereocenters. The zero-order chi connectivity index (χ0) is 14.7. The Hall–Kier alpha value is -0.740. The van der Waals surface area contributed by atoms with Gasteiger partial charge in [-0.15, -0.1) is 0 Å². The van der Waals surface area contributed by atoms with Gasteiger partial charge in [0.1, 0.15) is 12.4 Å². The van der Waals surface area contributed by atoms with E-state index in [1.54, 1.807) is 6.07 Å². The lowest BCUT2D eigenvalue weighted by atomic mass is 10.1. The molecule has 0 saturated heterocycles. The number of fused-ring (bicyclic) bond motifs is 1. The highest BCUT2D eigenvalue weighted by atomic mass is 35.5. The summed E-state index contributed by atoms with van der Waals surface area (Å²) in [6.07, 6.45) is 1.70. The fourth-order valence-electron chi connectivity index (χ4n) is 1.98. The summed E-state index contributed by atoms with van der Waals surface area (Å²) in [5, 5.41) is 14.1. The first-order valence-corrected chi connectivity index (χ1v) is 7.43. The van der Waals surface area contributed by atoms with Gasteiger partial charge < -0.3 is 15.2 Å². The molecule has 110 valence electrons. The molecule has 0 bridgehead atoms. The highest BCUT2D eigenvalue weighted by Gasteiger charge is 2.16. The maximum atomic E-state index is 9.74. The van der Waals surface area contributed by atoms with Gasteiger partial charge in [0, 0.05) is 23.7 Å². The third-order valence-corrected chi connectivity index (χ3v) is 3.77. The molecule has 0 fully saturated rings. The molecule has 1 aliphatic heterocycles. The monoisotopic (exact) mass is 315 g/mol. The molecule has 20 heavy (non-hydrogen) atoms. The summed E-state index contributed by atoms with van der Waals surface area (Å²) in [6, 6.07) is 3.52. The molecular formula is C15H19Cl2NO2. The zero-order valence-corrected chi connectivity index (χ0v) is 13.1. The molecule has 1 aromatic rings. The molecule has 0 aromatic heterocycles. The first kappa shape index (κ1) is 15.6. The van der Waals surface area contributed by atoms with E-state index in [0.717, 1.165) is 11.1 Å². The number of ether oxygens (including phenoxy) is 1. The molecule has 0 saturated carbocycles. The molecule has 1 heterocycles. The van der Waals surface area contributed by atoms with Gasteiger partial charge in [-0.3, -0.25) is 0 Å². The average Bonchev–Trinajstić information content (AvgIpc) is 2.37. The molecule has 3 nitrogen and oxygen atoms in total. The number of aliphatic hydroxyl groups is 1. The first-order valence-electron chi connectivity index (χ1n) is 6.67. The van der Waals surface area contributed by atoms with Gasteiger partial charge in [-0.2, -0.15) is 0 Å². The number of benzene rings is 1. The van der Waals surface area contributed by atoms with E-state index >= 15 is 0 Å². The number of rotatable bonds is 5. The Kier molecular flexibility index (Phi) is 5.33. The molecule has 5 heteroatoms. The van der Waals surface area contributed by atoms with E-state index in [2.05, 4.69) is 5.32 Å². The molecule has 0 spiro atoms. The smallest absolute Gasteiger partial charge is 0.145 e. The summed E-state index contributed by atoms with van der Waals surface area (Å²) in [4.78, 5) is 0. The predicted molar refractivity (Wildman–Crippen MR) is 83.6 cm³/mol. The number of hydrogen-bond donors (Lipinski definition) is 2. The number of hydrogen-bond acceptors (Lipinski definition) is 3. The van der Waals surface area contributed by atoms with Crippen molar-refractivity contribution < 1.29 is 9.84 Å². The van der Waals surface area contributed by atoms with Gasteiger partial charge in [0.2, 0.25) is 0 Å². The van der Waals surface area contributed by atoms with Gasteiger partial charge in [-0.25, -0.2) is 0 Å². The maximum Gasteiger partial charge on any atom is 0.145 e. The van der Waals surface area contributed by atoms with Crippen LogP contribution < -0.4 is 10.1 Å². The lowest BCUT2D eigenvalue weighted by Gasteiger charge is -2.21. The van der Waals surface area contributed by atoms with Crippen molar-refractivity contribution in [3.63, 3.8) is 0 Å². The minimum absolute atomic E-state index is 0.248. The van der Waals surface area contributed by atoms with Gasteiger partial charge in [0.15, 0.2) is 0 Å². The average molecular weight is 316 g/mol. The molecule has 1 aliphatic rings. The SMILES string of the molecule is CC(C)C(O)CNCC1=Cc2cc(Cl)cc(Cl)c2OC1. The minimum atomic E-state index is -0.337. The van der Waals surface area contributed by atoms with Crippen molar-refractivity contribution in [2.75, 3.05) is 19.7 Å². The summed E-state index contributed by atoms with van der Waals surface area (Å²) in [6.45, 7) is 5.73. The van der Waals surface area contributed by atoms with Crippen LogP contribution in [-0.4, -0.2) is 30.9 Å². The van der Waals surface area contributed by atoms with Crippen LogP contribution in [0.3, 0.4) is 0 Å². The number of aliphatic hydroxyl groups excluding tert-OH is 1. The molecule has 1 aromatic carbocycles. The molecule has 1 unspecified atom stereocenters. The van der Waals surface area contributed by atoms with Crippen LogP contribution in [0, 0.1) is 5.92 Å². The summed E-state index contributed by atoms with van der Waals surface area (Å²) >= 11 is 12.1. The van der Waals surface area contributed by atoms with E-state index in [0.29, 0.717) is 35.5 Å². The lowest BCUT2D eigenvalue weighted by Crippen LogP contribution is -2.32. The Morgan fingerprint density at radius 2 is 2.10 bits per heavy atom. The minimum Gasteiger partial charge on any atom is -0.487 e. The fraction of sp³-hybridized carbons (Fsp3) is 0.467. The van der Waals surface area contributed by atoms with Crippen LogP contribution in [0.15, 0.2) is 17.7 Å². The van der Waals surface area contributed by atoms with E-state index in [1.807, 2.05) is 26.0 Å². The summed E-state index contributed by atoms with van der Waals surface area (Å²) in [5.74, 6) is 0.930. The van der Waals surface area contributed by atoms with Gasteiger partial charge in [0.25, 0.3) is 0 Å². The second-order valence-electron chi connectivity index (χ2n) is 5.34. The maximum absolute atomic E-state index is 9.74. The van der Waals surface area contributed by atoms with Gasteiger partial charge in [0.05, 0.1) is 11.1 Å². The van der Waals surface area contributed by atoms with Crippen LogP contribution in [0.5, 0.6) is 5.75 Å². The predicted octanol–water partition coefficient (Wildman–Crippen LogP) is 3.38. The van der Waals surface area contributed by atoms with Crippen LogP contribution in [0.2, 0.25) is 10.0 Å². The quantitative estimate of drug-likeness (QED) is 0.875. The Bertz CT molecular complexity index is 515. The van der Waals surface area contributed by atoms with Crippen LogP contribution in [0.1, 0.15) is 19.4 Å². The summed E-state index contributed by atoms with van der Waals surface area (Å²) < 4.78 is 5.67. The first-order chi connectivity index (χ1) is 9.47. The molecule has 0 radical (unpaired) electrons. The zero-order valence-electron chi connectivity index (χ0n) is 11.6. The van der Waals surface area contributed by atoms with Crippen molar-refractivity contribution in [1.29, 1.82) is 0 Å². The van der Waals surface area contributed by atoms with E-state index in [4.69, 9.17) is 27.9 Å². The van der Waals surface area contributed by atoms with Crippen LogP contribution >= 0.6 is 23.2 Å². The van der Waals surface area contributed by atoms with Crippen molar-refractivity contribution >= 4 is 29.3 Å². The van der Waals surface area contributed by atoms with Gasteiger partial charge in [-0.1, -0.05) is 37.0 Å². The third-order valence-electron chi connectivity index (χ3n) is 3.27. The highest BCUT2D eigenvalue weighted by molar-refractivity contribution is 6.36. The largest absolute Gasteiger partial charge is 0.487 e. The van der Waals surface area contributed by atoms with Crippen molar-refractivity contribution in [3.8, 4) is 5.75 Å². The normalized spacial score (nSPS) is 15.6. The summed E-state index contributed by atoms with van der Waals surface area (Å²) in [7, 11) is 0. The molecular weight excluding hydrogens is 297 g/mol. The Morgan fingerprint density at radius 3 is 2.80 bits per heavy atom. The highest BCUT2D eigenvalue weighted by Crippen LogP contribution is 2.36. The Morgan fingerprint density at radius 1 is 1.35 bits per heavy atom. The fourth-order valence-corrected chi connectivity index (χ4v) is 2.55. The number of halogens is 2. The van der Waals surface area contributed by atoms with Crippen LogP contribution in [-0.2, 0) is 0 Å². The van der Waals surface area contributed by atoms with Gasteiger partial charge in [-0.05, 0) is 29.7 Å². The second kappa shape index (κ2) is 6.81. The Balaban J connectivity index is 1.99. The van der Waals surface area contributed by atoms with Crippen molar-refractivity contribution in [1.82, 2.24) is 5.32 Å².